The van der Waals surface area contributed by atoms with Crippen LogP contribution in [0.3, 0.4) is 0 Å². The molecule has 0 unspecified atom stereocenters. The number of carbonyl (C=O) groups is 3. The van der Waals surface area contributed by atoms with Crippen LogP contribution in [0.1, 0.15) is 67.4 Å². The Morgan fingerprint density at radius 2 is 1.74 bits per heavy atom. The molecule has 0 saturated heterocycles. The lowest BCUT2D eigenvalue weighted by atomic mass is 9.49. The fraction of sp³-hybridized carbons (Fsp3) is 0.625. The number of ether oxygens (including phenoxy) is 2. The molecule has 0 aromatic carbocycles. The molecule has 3 N–H and O–H groups in total. The van der Waals surface area contributed by atoms with Gasteiger partial charge in [0.2, 0.25) is 11.6 Å². The van der Waals surface area contributed by atoms with Gasteiger partial charge in [0.1, 0.15) is 23.7 Å². The van der Waals surface area contributed by atoms with Crippen LogP contribution >= 0.6 is 0 Å². The molecule has 4 fully saturated rings. The maximum Gasteiger partial charge on any atom is 0.342 e. The quantitative estimate of drug-likeness (QED) is 0.583. The molecule has 4 aliphatic rings. The zero-order valence-corrected chi connectivity index (χ0v) is 19.5. The summed E-state index contributed by atoms with van der Waals surface area (Å²) in [5.74, 6) is 1.26. The lowest BCUT2D eigenvalue weighted by molar-refractivity contribution is -0.151. The van der Waals surface area contributed by atoms with Gasteiger partial charge in [-0.25, -0.2) is 9.78 Å². The summed E-state index contributed by atoms with van der Waals surface area (Å²) in [5.41, 5.74) is 6.03. The number of carbonyl (C=O) groups excluding carboxylic acids is 3. The van der Waals surface area contributed by atoms with Gasteiger partial charge in [-0.05, 0) is 70.1 Å². The first-order valence-corrected chi connectivity index (χ1v) is 11.9. The van der Waals surface area contributed by atoms with Crippen molar-refractivity contribution in [3.8, 4) is 0 Å². The number of hydrogen-bond donors (Lipinski definition) is 2. The molecule has 4 saturated carbocycles. The van der Waals surface area contributed by atoms with E-state index in [9.17, 15) is 14.4 Å². The van der Waals surface area contributed by atoms with E-state index in [4.69, 9.17) is 19.6 Å². The van der Waals surface area contributed by atoms with E-state index in [2.05, 4.69) is 15.3 Å². The third-order valence-electron chi connectivity index (χ3n) is 7.56. The number of nitrogen functional groups attached to an aromatic ring is 1. The van der Waals surface area contributed by atoms with Crippen molar-refractivity contribution in [1.29, 1.82) is 0 Å². The summed E-state index contributed by atoms with van der Waals surface area (Å²) in [6, 6.07) is 0. The molecule has 0 aliphatic heterocycles. The summed E-state index contributed by atoms with van der Waals surface area (Å²) in [7, 11) is 0. The first kappa shape index (κ1) is 22.6. The minimum absolute atomic E-state index is 0.0250. The summed E-state index contributed by atoms with van der Waals surface area (Å²) in [4.78, 5) is 45.9. The van der Waals surface area contributed by atoms with E-state index in [0.717, 1.165) is 19.3 Å². The summed E-state index contributed by atoms with van der Waals surface area (Å²) < 4.78 is 15.9. The highest BCUT2D eigenvalue weighted by Crippen LogP contribution is 2.60. The molecule has 2 aromatic heterocycles. The number of aromatic nitrogens is 2. The van der Waals surface area contributed by atoms with Gasteiger partial charge >= 0.3 is 11.9 Å². The Balaban J connectivity index is 1.19. The number of nitrogens with one attached hydrogen (secondary N) is 1. The monoisotopic (exact) mass is 470 g/mol. The number of hydrogen-bond acceptors (Lipinski definition) is 9. The molecular formula is C24H30N4O6. The molecule has 2 heterocycles. The van der Waals surface area contributed by atoms with Crippen LogP contribution in [0.2, 0.25) is 0 Å². The number of rotatable bonds is 7. The fourth-order valence-corrected chi connectivity index (χ4v) is 6.62. The third kappa shape index (κ3) is 3.99. The van der Waals surface area contributed by atoms with Crippen LogP contribution < -0.4 is 11.1 Å². The molecule has 6 rings (SSSR count). The zero-order chi connectivity index (χ0) is 24.0. The molecule has 4 bridgehead atoms. The van der Waals surface area contributed by atoms with E-state index in [1.165, 1.54) is 19.3 Å². The summed E-state index contributed by atoms with van der Waals surface area (Å²) >= 11 is 0. The third-order valence-corrected chi connectivity index (χ3v) is 7.56. The second-order valence-electron chi connectivity index (χ2n) is 10.0. The van der Waals surface area contributed by atoms with Gasteiger partial charge in [0.05, 0.1) is 12.0 Å². The molecular weight excluding hydrogens is 440 g/mol. The Kier molecular flexibility index (Phi) is 5.69. The van der Waals surface area contributed by atoms with Crippen molar-refractivity contribution in [2.24, 2.45) is 23.2 Å². The topological polar surface area (TPSA) is 147 Å². The number of esters is 2. The minimum Gasteiger partial charge on any atom is -0.462 e. The molecule has 34 heavy (non-hydrogen) atoms. The van der Waals surface area contributed by atoms with Crippen molar-refractivity contribution in [2.75, 3.05) is 18.9 Å². The zero-order valence-electron chi connectivity index (χ0n) is 19.5. The van der Waals surface area contributed by atoms with Crippen LogP contribution in [0.25, 0.3) is 11.1 Å². The van der Waals surface area contributed by atoms with Crippen molar-refractivity contribution < 1.29 is 28.3 Å². The van der Waals surface area contributed by atoms with E-state index in [1.807, 2.05) is 0 Å². The molecule has 1 amide bonds. The number of aryl methyl sites for hydroxylation is 1. The summed E-state index contributed by atoms with van der Waals surface area (Å²) in [6.45, 7) is 3.08. The Hall–Kier alpha value is -3.17. The van der Waals surface area contributed by atoms with Crippen molar-refractivity contribution in [3.05, 3.63) is 17.1 Å². The highest BCUT2D eigenvalue weighted by molar-refractivity contribution is 6.07. The highest BCUT2D eigenvalue weighted by Gasteiger charge is 2.54. The Labute approximate surface area is 196 Å². The number of amides is 1. The van der Waals surface area contributed by atoms with Crippen LogP contribution in [0.5, 0.6) is 0 Å². The van der Waals surface area contributed by atoms with Crippen LogP contribution in [-0.2, 0) is 25.7 Å². The summed E-state index contributed by atoms with van der Waals surface area (Å²) in [6.07, 6.45) is 6.55. The van der Waals surface area contributed by atoms with Crippen LogP contribution in [0.15, 0.2) is 4.42 Å². The van der Waals surface area contributed by atoms with Crippen molar-refractivity contribution in [3.63, 3.8) is 0 Å². The lowest BCUT2D eigenvalue weighted by Crippen LogP contribution is -2.54. The molecule has 4 aliphatic carbocycles. The van der Waals surface area contributed by atoms with Gasteiger partial charge in [-0.3, -0.25) is 9.59 Å². The van der Waals surface area contributed by atoms with Crippen LogP contribution in [0, 0.1) is 30.1 Å². The van der Waals surface area contributed by atoms with Gasteiger partial charge in [-0.1, -0.05) is 0 Å². The van der Waals surface area contributed by atoms with Crippen molar-refractivity contribution >= 4 is 34.8 Å². The Bertz CT molecular complexity index is 1120. The number of nitrogens with two attached hydrogens (primary N) is 1. The van der Waals surface area contributed by atoms with Crippen molar-refractivity contribution in [2.45, 2.75) is 59.0 Å². The standard InChI is InChI=1S/C24H30N4O6/c1-3-32-22(30)18-12(2)34-21-19(18)20(25)27-16(28-21)11-33-17(29)10-26-23(31)24-7-13-4-14(8-24)6-15(5-13)9-24/h13-15H,3-11H2,1-2H3,(H,26,31)(H2,25,27,28). The van der Waals surface area contributed by atoms with Gasteiger partial charge in [0.15, 0.2) is 12.4 Å². The van der Waals surface area contributed by atoms with E-state index in [-0.39, 0.29) is 59.4 Å². The van der Waals surface area contributed by atoms with E-state index >= 15 is 0 Å². The number of anilines is 1. The second-order valence-corrected chi connectivity index (χ2v) is 10.0. The molecule has 0 spiro atoms. The Morgan fingerprint density at radius 3 is 2.35 bits per heavy atom. The first-order chi connectivity index (χ1) is 16.3. The summed E-state index contributed by atoms with van der Waals surface area (Å²) in [5, 5.41) is 3.08. The van der Waals surface area contributed by atoms with E-state index in [1.54, 1.807) is 13.8 Å². The maximum atomic E-state index is 13.0. The number of fused-ring (bicyclic) bond motifs is 1. The highest BCUT2D eigenvalue weighted by atomic mass is 16.5. The number of furan rings is 1. The van der Waals surface area contributed by atoms with Gasteiger partial charge in [-0.2, -0.15) is 4.98 Å². The molecule has 0 atom stereocenters. The minimum atomic E-state index is -0.580. The van der Waals surface area contributed by atoms with Crippen LogP contribution in [0.4, 0.5) is 5.82 Å². The average molecular weight is 471 g/mol. The molecule has 10 nitrogen and oxygen atoms in total. The second kappa shape index (κ2) is 8.56. The maximum absolute atomic E-state index is 13.0. The van der Waals surface area contributed by atoms with Gasteiger partial charge in [-0.15, -0.1) is 0 Å². The van der Waals surface area contributed by atoms with E-state index in [0.29, 0.717) is 23.5 Å². The van der Waals surface area contributed by atoms with Crippen LogP contribution in [-0.4, -0.2) is 41.0 Å². The molecule has 0 radical (unpaired) electrons. The van der Waals surface area contributed by atoms with E-state index < -0.39 is 11.9 Å². The number of nitrogens with zero attached hydrogens (tertiary/aromatic N) is 2. The van der Waals surface area contributed by atoms with Gasteiger partial charge in [0, 0.05) is 5.41 Å². The lowest BCUT2D eigenvalue weighted by Gasteiger charge is -2.55. The fourth-order valence-electron chi connectivity index (χ4n) is 6.62. The Morgan fingerprint density at radius 1 is 1.09 bits per heavy atom. The van der Waals surface area contributed by atoms with Gasteiger partial charge < -0.3 is 24.9 Å². The average Bonchev–Trinajstić information content (AvgIpc) is 3.11. The first-order valence-electron chi connectivity index (χ1n) is 11.9. The molecule has 182 valence electrons. The SMILES string of the molecule is CCOC(=O)c1c(C)oc2nc(COC(=O)CNC(=O)C34CC5CC(CC(C5)C3)C4)nc(N)c12. The molecule has 10 heteroatoms. The van der Waals surface area contributed by atoms with Crippen molar-refractivity contribution in [1.82, 2.24) is 15.3 Å². The predicted octanol–water partition coefficient (Wildman–Crippen LogP) is 2.67. The largest absolute Gasteiger partial charge is 0.462 e. The predicted molar refractivity (Wildman–Crippen MR) is 120 cm³/mol. The van der Waals surface area contributed by atoms with Gasteiger partial charge in [0.25, 0.3) is 0 Å². The smallest absolute Gasteiger partial charge is 0.342 e. The normalized spacial score (nSPS) is 27.1. The molecule has 2 aromatic rings.